The summed E-state index contributed by atoms with van der Waals surface area (Å²) in [4.78, 5) is 27.8. The number of carbonyl (C=O) groups is 1. The third-order valence-electron chi connectivity index (χ3n) is 5.72. The van der Waals surface area contributed by atoms with Crippen molar-refractivity contribution in [3.8, 4) is 11.3 Å². The van der Waals surface area contributed by atoms with Gasteiger partial charge in [0.15, 0.2) is 0 Å². The monoisotopic (exact) mass is 464 g/mol. The van der Waals surface area contributed by atoms with Crippen LogP contribution in [0.15, 0.2) is 48.9 Å². The van der Waals surface area contributed by atoms with E-state index in [4.69, 9.17) is 0 Å². The van der Waals surface area contributed by atoms with Crippen LogP contribution in [0, 0.1) is 6.92 Å². The molecule has 0 radical (unpaired) electrons. The SMILES string of the molecule is Cc1cnc(Nc2ccnn2C)nc1-c1cc2n(c1)CCN(Cc1cccc(C(F)F)n1)C2=O. The number of nitrogens with zero attached hydrogens (tertiary/aromatic N) is 7. The molecule has 5 heterocycles. The van der Waals surface area contributed by atoms with E-state index in [0.717, 1.165) is 16.9 Å². The Labute approximate surface area is 194 Å². The van der Waals surface area contributed by atoms with Crippen LogP contribution >= 0.6 is 0 Å². The summed E-state index contributed by atoms with van der Waals surface area (Å²) in [7, 11) is 1.82. The van der Waals surface area contributed by atoms with Gasteiger partial charge in [0.25, 0.3) is 12.3 Å². The summed E-state index contributed by atoms with van der Waals surface area (Å²) in [6.45, 7) is 3.12. The fraction of sp³-hybridized carbons (Fsp3) is 0.261. The van der Waals surface area contributed by atoms with Crippen molar-refractivity contribution in [2.24, 2.45) is 7.05 Å². The first kappa shape index (κ1) is 21.7. The lowest BCUT2D eigenvalue weighted by atomic mass is 10.1. The fourth-order valence-electron chi connectivity index (χ4n) is 3.96. The zero-order valence-electron chi connectivity index (χ0n) is 18.6. The minimum Gasteiger partial charge on any atom is -0.341 e. The molecule has 0 unspecified atom stereocenters. The molecule has 11 heteroatoms. The molecular weight excluding hydrogens is 442 g/mol. The molecule has 0 spiro atoms. The van der Waals surface area contributed by atoms with Gasteiger partial charge in [-0.1, -0.05) is 6.07 Å². The van der Waals surface area contributed by atoms with E-state index >= 15 is 0 Å². The van der Waals surface area contributed by atoms with Crippen LogP contribution in [0.2, 0.25) is 0 Å². The predicted octanol–water partition coefficient (Wildman–Crippen LogP) is 3.72. The van der Waals surface area contributed by atoms with E-state index in [1.165, 1.54) is 12.1 Å². The van der Waals surface area contributed by atoms with Gasteiger partial charge in [-0.3, -0.25) is 9.48 Å². The highest BCUT2D eigenvalue weighted by molar-refractivity contribution is 5.95. The zero-order chi connectivity index (χ0) is 23.8. The van der Waals surface area contributed by atoms with Crippen LogP contribution in [0.4, 0.5) is 20.5 Å². The molecule has 5 rings (SSSR count). The van der Waals surface area contributed by atoms with Crippen molar-refractivity contribution < 1.29 is 13.6 Å². The van der Waals surface area contributed by atoms with Crippen LogP contribution in [0.5, 0.6) is 0 Å². The molecule has 0 saturated carbocycles. The lowest BCUT2D eigenvalue weighted by Crippen LogP contribution is -2.39. The maximum Gasteiger partial charge on any atom is 0.280 e. The Bertz CT molecular complexity index is 1360. The molecule has 1 amide bonds. The average molecular weight is 464 g/mol. The number of hydrogen-bond donors (Lipinski definition) is 1. The first-order valence-corrected chi connectivity index (χ1v) is 10.7. The molecular formula is C23H22F2N8O. The van der Waals surface area contributed by atoms with E-state index in [-0.39, 0.29) is 18.1 Å². The van der Waals surface area contributed by atoms with E-state index in [0.29, 0.717) is 36.1 Å². The van der Waals surface area contributed by atoms with Crippen molar-refractivity contribution >= 4 is 17.7 Å². The highest BCUT2D eigenvalue weighted by atomic mass is 19.3. The van der Waals surface area contributed by atoms with E-state index < -0.39 is 6.43 Å². The smallest absolute Gasteiger partial charge is 0.280 e. The largest absolute Gasteiger partial charge is 0.341 e. The number of alkyl halides is 2. The minimum absolute atomic E-state index is 0.172. The first-order valence-electron chi connectivity index (χ1n) is 10.7. The Balaban J connectivity index is 1.39. The number of aromatic nitrogens is 6. The minimum atomic E-state index is -2.65. The van der Waals surface area contributed by atoms with Crippen molar-refractivity contribution in [1.82, 2.24) is 34.2 Å². The van der Waals surface area contributed by atoms with Crippen LogP contribution < -0.4 is 5.32 Å². The topological polar surface area (TPSA) is 93.8 Å². The van der Waals surface area contributed by atoms with Crippen molar-refractivity contribution in [2.75, 3.05) is 11.9 Å². The van der Waals surface area contributed by atoms with Gasteiger partial charge in [-0.05, 0) is 30.7 Å². The lowest BCUT2D eigenvalue weighted by Gasteiger charge is -2.28. The summed E-state index contributed by atoms with van der Waals surface area (Å²) < 4.78 is 29.5. The molecule has 0 fully saturated rings. The molecule has 0 bridgehead atoms. The molecule has 0 atom stereocenters. The number of carbonyl (C=O) groups excluding carboxylic acids is 1. The normalized spacial score (nSPS) is 13.4. The molecule has 1 aliphatic rings. The van der Waals surface area contributed by atoms with E-state index in [2.05, 4.69) is 25.4 Å². The van der Waals surface area contributed by atoms with Crippen LogP contribution in [0.25, 0.3) is 11.3 Å². The molecule has 4 aromatic heterocycles. The molecule has 0 saturated heterocycles. The number of fused-ring (bicyclic) bond motifs is 1. The third-order valence-corrected chi connectivity index (χ3v) is 5.72. The number of anilines is 2. The average Bonchev–Trinajstić information content (AvgIpc) is 3.44. The number of rotatable bonds is 6. The molecule has 34 heavy (non-hydrogen) atoms. The van der Waals surface area contributed by atoms with Crippen molar-refractivity contribution in [3.05, 3.63) is 71.6 Å². The van der Waals surface area contributed by atoms with Gasteiger partial charge in [-0.25, -0.2) is 23.7 Å². The number of aryl methyl sites for hydroxylation is 2. The van der Waals surface area contributed by atoms with Crippen LogP contribution in [0.1, 0.15) is 33.9 Å². The molecule has 4 aromatic rings. The van der Waals surface area contributed by atoms with E-state index in [1.807, 2.05) is 30.8 Å². The maximum atomic E-state index is 13.2. The van der Waals surface area contributed by atoms with Gasteiger partial charge < -0.3 is 14.8 Å². The van der Waals surface area contributed by atoms with Gasteiger partial charge in [0.1, 0.15) is 17.2 Å². The van der Waals surface area contributed by atoms with Crippen LogP contribution in [-0.4, -0.2) is 46.7 Å². The summed E-state index contributed by atoms with van der Waals surface area (Å²) in [6.07, 6.45) is 2.66. The van der Waals surface area contributed by atoms with Crippen molar-refractivity contribution in [3.63, 3.8) is 0 Å². The predicted molar refractivity (Wildman–Crippen MR) is 121 cm³/mol. The molecule has 0 aliphatic carbocycles. The molecule has 0 aromatic carbocycles. The third kappa shape index (κ3) is 4.12. The van der Waals surface area contributed by atoms with E-state index in [9.17, 15) is 13.6 Å². The van der Waals surface area contributed by atoms with Gasteiger partial charge in [-0.15, -0.1) is 0 Å². The highest BCUT2D eigenvalue weighted by Gasteiger charge is 2.27. The molecule has 9 nitrogen and oxygen atoms in total. The zero-order valence-corrected chi connectivity index (χ0v) is 18.6. The second kappa shape index (κ2) is 8.65. The van der Waals surface area contributed by atoms with Gasteiger partial charge >= 0.3 is 0 Å². The standard InChI is InChI=1S/C23H22F2N8O/c1-14-11-26-23(29-19-6-7-27-31(19)2)30-20(14)15-10-18-22(34)33(9-8-32(18)12-15)13-16-4-3-5-17(28-16)21(24)25/h3-7,10-12,21H,8-9,13H2,1-2H3,(H,26,29,30). The fourth-order valence-corrected chi connectivity index (χ4v) is 3.96. The van der Waals surface area contributed by atoms with Gasteiger partial charge in [0.05, 0.1) is 24.1 Å². The van der Waals surface area contributed by atoms with E-state index in [1.54, 1.807) is 34.1 Å². The number of nitrogens with one attached hydrogen (secondary N) is 1. The van der Waals surface area contributed by atoms with Crippen LogP contribution in [-0.2, 0) is 20.1 Å². The Hall–Kier alpha value is -4.15. The molecule has 174 valence electrons. The van der Waals surface area contributed by atoms with Crippen molar-refractivity contribution in [2.45, 2.75) is 26.4 Å². The van der Waals surface area contributed by atoms with Crippen LogP contribution in [0.3, 0.4) is 0 Å². The first-order chi connectivity index (χ1) is 16.4. The Kier molecular flexibility index (Phi) is 5.52. The number of pyridine rings is 1. The number of amides is 1. The summed E-state index contributed by atoms with van der Waals surface area (Å²) in [5.41, 5.74) is 3.05. The Morgan fingerprint density at radius 3 is 2.79 bits per heavy atom. The summed E-state index contributed by atoms with van der Waals surface area (Å²) >= 11 is 0. The number of hydrogen-bond acceptors (Lipinski definition) is 6. The molecule has 1 N–H and O–H groups in total. The van der Waals surface area contributed by atoms with Gasteiger partial charge in [-0.2, -0.15) is 5.10 Å². The summed E-state index contributed by atoms with van der Waals surface area (Å²) in [5.74, 6) is 0.995. The second-order valence-corrected chi connectivity index (χ2v) is 8.08. The number of halogens is 2. The van der Waals surface area contributed by atoms with Crippen molar-refractivity contribution in [1.29, 1.82) is 0 Å². The maximum absolute atomic E-state index is 13.2. The van der Waals surface area contributed by atoms with Gasteiger partial charge in [0.2, 0.25) is 5.95 Å². The Morgan fingerprint density at radius 2 is 2.03 bits per heavy atom. The highest BCUT2D eigenvalue weighted by Crippen LogP contribution is 2.28. The lowest BCUT2D eigenvalue weighted by molar-refractivity contribution is 0.0688. The Morgan fingerprint density at radius 1 is 1.18 bits per heavy atom. The van der Waals surface area contributed by atoms with Gasteiger partial charge in [0, 0.05) is 44.2 Å². The quantitative estimate of drug-likeness (QED) is 0.468. The summed E-state index contributed by atoms with van der Waals surface area (Å²) in [6, 6.07) is 8.10. The second-order valence-electron chi connectivity index (χ2n) is 8.08. The summed E-state index contributed by atoms with van der Waals surface area (Å²) in [5, 5.41) is 7.27. The molecule has 1 aliphatic heterocycles.